The molecule has 6 heteroatoms. The summed E-state index contributed by atoms with van der Waals surface area (Å²) in [5.41, 5.74) is 6.39. The lowest BCUT2D eigenvalue weighted by atomic mass is 10.3. The molecule has 0 saturated carbocycles. The van der Waals surface area contributed by atoms with Crippen molar-refractivity contribution in [2.24, 2.45) is 5.73 Å². The number of ether oxygens (including phenoxy) is 1. The van der Waals surface area contributed by atoms with Crippen LogP contribution in [0.5, 0.6) is 5.75 Å². The van der Waals surface area contributed by atoms with Gasteiger partial charge < -0.3 is 15.8 Å². The van der Waals surface area contributed by atoms with Crippen LogP contribution in [0.25, 0.3) is 0 Å². The molecule has 0 fully saturated rings. The summed E-state index contributed by atoms with van der Waals surface area (Å²) in [6, 6.07) is 10.5. The monoisotopic (exact) mass is 335 g/mol. The average molecular weight is 336 g/mol. The maximum atomic E-state index is 11.9. The summed E-state index contributed by atoms with van der Waals surface area (Å²) in [6.07, 6.45) is 1.58. The number of aromatic nitrogens is 1. The fourth-order valence-electron chi connectivity index (χ4n) is 1.52. The Balaban J connectivity index is 1.99. The normalized spacial score (nSPS) is 10.1. The van der Waals surface area contributed by atoms with Gasteiger partial charge in [0.15, 0.2) is 0 Å². The third-order valence-electron chi connectivity index (χ3n) is 2.46. The van der Waals surface area contributed by atoms with Gasteiger partial charge in [0.25, 0.3) is 5.91 Å². The quantitative estimate of drug-likeness (QED) is 0.879. The smallest absolute Gasteiger partial charge is 0.274 e. The number of nitrogens with one attached hydrogen (secondary N) is 1. The third-order valence-corrected chi connectivity index (χ3v) is 2.93. The fraction of sp³-hybridized carbons (Fsp3) is 0.143. The molecule has 0 bridgehead atoms. The van der Waals surface area contributed by atoms with Crippen molar-refractivity contribution < 1.29 is 9.53 Å². The topological polar surface area (TPSA) is 77.2 Å². The molecule has 0 saturated heterocycles. The fourth-order valence-corrected chi connectivity index (χ4v) is 1.75. The molecule has 0 aliphatic rings. The molecule has 2 aromatic rings. The second kappa shape index (κ2) is 7.02. The number of hydrogen-bond acceptors (Lipinski definition) is 4. The van der Waals surface area contributed by atoms with Gasteiger partial charge in [-0.3, -0.25) is 4.79 Å². The van der Waals surface area contributed by atoms with Crippen molar-refractivity contribution in [3.63, 3.8) is 0 Å². The molecule has 3 N–H and O–H groups in total. The number of nitrogens with two attached hydrogens (primary N) is 1. The molecule has 0 atom stereocenters. The van der Waals surface area contributed by atoms with Crippen molar-refractivity contribution >= 4 is 27.5 Å². The maximum Gasteiger partial charge on any atom is 0.274 e. The Kier molecular flexibility index (Phi) is 5.09. The van der Waals surface area contributed by atoms with Gasteiger partial charge >= 0.3 is 0 Å². The van der Waals surface area contributed by atoms with E-state index in [1.807, 2.05) is 0 Å². The Morgan fingerprint density at radius 1 is 1.25 bits per heavy atom. The van der Waals surface area contributed by atoms with Crippen LogP contribution < -0.4 is 15.8 Å². The van der Waals surface area contributed by atoms with Crippen molar-refractivity contribution in [2.75, 3.05) is 18.5 Å². The highest BCUT2D eigenvalue weighted by molar-refractivity contribution is 9.10. The van der Waals surface area contributed by atoms with E-state index in [1.54, 1.807) is 42.6 Å². The van der Waals surface area contributed by atoms with Crippen LogP contribution in [0.4, 0.5) is 5.69 Å². The lowest BCUT2D eigenvalue weighted by Gasteiger charge is -2.07. The van der Waals surface area contributed by atoms with Gasteiger partial charge in [-0.05, 0) is 52.3 Å². The minimum absolute atomic E-state index is 0.256. The maximum absolute atomic E-state index is 11.9. The first-order chi connectivity index (χ1) is 9.69. The van der Waals surface area contributed by atoms with Gasteiger partial charge in [-0.25, -0.2) is 4.98 Å². The van der Waals surface area contributed by atoms with Crippen molar-refractivity contribution in [1.82, 2.24) is 4.98 Å². The van der Waals surface area contributed by atoms with E-state index in [9.17, 15) is 4.79 Å². The molecule has 0 aliphatic heterocycles. The summed E-state index contributed by atoms with van der Waals surface area (Å²) in [5, 5.41) is 2.76. The first kappa shape index (κ1) is 14.5. The summed E-state index contributed by atoms with van der Waals surface area (Å²) >= 11 is 3.27. The molecule has 0 spiro atoms. The predicted octanol–water partition coefficient (Wildman–Crippen LogP) is 2.43. The van der Waals surface area contributed by atoms with E-state index in [0.717, 1.165) is 10.2 Å². The van der Waals surface area contributed by atoms with Gasteiger partial charge in [0, 0.05) is 22.9 Å². The zero-order valence-electron chi connectivity index (χ0n) is 10.7. The molecule has 0 radical (unpaired) electrons. The minimum Gasteiger partial charge on any atom is -0.492 e. The molecular formula is C14H14BrN3O2. The van der Waals surface area contributed by atoms with Crippen LogP contribution in [0.1, 0.15) is 10.5 Å². The molecule has 104 valence electrons. The van der Waals surface area contributed by atoms with E-state index in [0.29, 0.717) is 24.5 Å². The molecule has 1 amide bonds. The van der Waals surface area contributed by atoms with E-state index in [2.05, 4.69) is 26.2 Å². The third kappa shape index (κ3) is 4.04. The Morgan fingerprint density at radius 2 is 2.00 bits per heavy atom. The number of carbonyl (C=O) groups excluding carboxylic acids is 1. The molecule has 20 heavy (non-hydrogen) atoms. The summed E-state index contributed by atoms with van der Waals surface area (Å²) in [4.78, 5) is 16.0. The molecule has 2 rings (SSSR count). The standard InChI is InChI=1S/C14H14BrN3O2/c15-10-1-6-13(17-9-10)14(19)18-11-2-4-12(5-3-11)20-8-7-16/h1-6,9H,7-8,16H2,(H,18,19). The second-order valence-corrected chi connectivity index (χ2v) is 4.89. The summed E-state index contributed by atoms with van der Waals surface area (Å²) < 4.78 is 6.19. The first-order valence-electron chi connectivity index (χ1n) is 6.05. The van der Waals surface area contributed by atoms with E-state index in [1.165, 1.54) is 0 Å². The molecule has 1 aromatic heterocycles. The van der Waals surface area contributed by atoms with Crippen LogP contribution in [0, 0.1) is 0 Å². The number of rotatable bonds is 5. The number of anilines is 1. The van der Waals surface area contributed by atoms with Crippen LogP contribution >= 0.6 is 15.9 Å². The van der Waals surface area contributed by atoms with Crippen molar-refractivity contribution in [3.05, 3.63) is 52.8 Å². The first-order valence-corrected chi connectivity index (χ1v) is 6.84. The second-order valence-electron chi connectivity index (χ2n) is 3.98. The van der Waals surface area contributed by atoms with Gasteiger partial charge in [-0.15, -0.1) is 0 Å². The van der Waals surface area contributed by atoms with Crippen LogP contribution in [0.15, 0.2) is 47.1 Å². The van der Waals surface area contributed by atoms with Crippen LogP contribution in [0.2, 0.25) is 0 Å². The van der Waals surface area contributed by atoms with E-state index in [-0.39, 0.29) is 5.91 Å². The molecule has 1 aromatic carbocycles. The van der Waals surface area contributed by atoms with Gasteiger partial charge in [-0.2, -0.15) is 0 Å². The van der Waals surface area contributed by atoms with E-state index >= 15 is 0 Å². The molecular weight excluding hydrogens is 322 g/mol. The Labute approximate surface area is 125 Å². The number of nitrogens with zero attached hydrogens (tertiary/aromatic N) is 1. The number of halogens is 1. The highest BCUT2D eigenvalue weighted by Crippen LogP contribution is 2.16. The number of benzene rings is 1. The zero-order valence-corrected chi connectivity index (χ0v) is 12.3. The van der Waals surface area contributed by atoms with Crippen LogP contribution in [-0.4, -0.2) is 24.0 Å². The van der Waals surface area contributed by atoms with Crippen molar-refractivity contribution in [3.8, 4) is 5.75 Å². The zero-order chi connectivity index (χ0) is 14.4. The summed E-state index contributed by atoms with van der Waals surface area (Å²) in [5.74, 6) is 0.461. The molecule has 1 heterocycles. The van der Waals surface area contributed by atoms with Gasteiger partial charge in [0.1, 0.15) is 18.1 Å². The largest absolute Gasteiger partial charge is 0.492 e. The highest BCUT2D eigenvalue weighted by Gasteiger charge is 2.07. The molecule has 5 nitrogen and oxygen atoms in total. The number of pyridine rings is 1. The SMILES string of the molecule is NCCOc1ccc(NC(=O)c2ccc(Br)cn2)cc1. The lowest BCUT2D eigenvalue weighted by Crippen LogP contribution is -2.13. The number of carbonyl (C=O) groups is 1. The number of hydrogen-bond donors (Lipinski definition) is 2. The average Bonchev–Trinajstić information content (AvgIpc) is 2.47. The Morgan fingerprint density at radius 3 is 2.60 bits per heavy atom. The van der Waals surface area contributed by atoms with E-state index < -0.39 is 0 Å². The predicted molar refractivity (Wildman–Crippen MR) is 80.9 cm³/mol. The Bertz CT molecular complexity index is 570. The molecule has 0 unspecified atom stereocenters. The van der Waals surface area contributed by atoms with Crippen LogP contribution in [-0.2, 0) is 0 Å². The highest BCUT2D eigenvalue weighted by atomic mass is 79.9. The summed E-state index contributed by atoms with van der Waals surface area (Å²) in [6.45, 7) is 0.933. The van der Waals surface area contributed by atoms with Crippen molar-refractivity contribution in [1.29, 1.82) is 0 Å². The van der Waals surface area contributed by atoms with Crippen LogP contribution in [0.3, 0.4) is 0 Å². The lowest BCUT2D eigenvalue weighted by molar-refractivity contribution is 0.102. The van der Waals surface area contributed by atoms with Gasteiger partial charge in [0.05, 0.1) is 0 Å². The number of amides is 1. The van der Waals surface area contributed by atoms with Gasteiger partial charge in [0.2, 0.25) is 0 Å². The van der Waals surface area contributed by atoms with Crippen molar-refractivity contribution in [2.45, 2.75) is 0 Å². The summed E-state index contributed by atoms with van der Waals surface area (Å²) in [7, 11) is 0. The Hall–Kier alpha value is -1.92. The van der Waals surface area contributed by atoms with E-state index in [4.69, 9.17) is 10.5 Å². The molecule has 0 aliphatic carbocycles. The van der Waals surface area contributed by atoms with Gasteiger partial charge in [-0.1, -0.05) is 0 Å². The minimum atomic E-state index is -0.256.